The molecule has 1 aromatic rings. The van der Waals surface area contributed by atoms with Gasteiger partial charge in [0.25, 0.3) is 5.69 Å². The van der Waals surface area contributed by atoms with Crippen LogP contribution in [-0.2, 0) is 9.47 Å². The third-order valence-electron chi connectivity index (χ3n) is 3.11. The first-order valence-electron chi connectivity index (χ1n) is 6.82. The molecule has 118 valence electrons. The number of nitrogens with zero attached hydrogens (tertiary/aromatic N) is 2. The van der Waals surface area contributed by atoms with Crippen LogP contribution in [0, 0.1) is 10.1 Å². The molecule has 0 aliphatic heterocycles. The first-order chi connectivity index (χ1) is 10.1. The highest BCUT2D eigenvalue weighted by Crippen LogP contribution is 2.27. The Balaban J connectivity index is 2.97. The zero-order chi connectivity index (χ0) is 15.7. The van der Waals surface area contributed by atoms with E-state index in [4.69, 9.17) is 9.47 Å². The number of hydrogen-bond donors (Lipinski definition) is 1. The fraction of sp³-hybridized carbons (Fsp3) is 0.571. The Morgan fingerprint density at radius 1 is 1.19 bits per heavy atom. The molecule has 0 heterocycles. The van der Waals surface area contributed by atoms with Crippen molar-refractivity contribution < 1.29 is 14.4 Å². The summed E-state index contributed by atoms with van der Waals surface area (Å²) in [5.41, 5.74) is 1.60. The summed E-state index contributed by atoms with van der Waals surface area (Å²) in [6.07, 6.45) is 0.845. The third-order valence-corrected chi connectivity index (χ3v) is 3.11. The number of nitro groups is 1. The van der Waals surface area contributed by atoms with E-state index in [9.17, 15) is 10.1 Å². The maximum absolute atomic E-state index is 11.0. The van der Waals surface area contributed by atoms with Gasteiger partial charge in [0.05, 0.1) is 11.5 Å². The molecule has 0 radical (unpaired) electrons. The Hall–Kier alpha value is -1.86. The van der Waals surface area contributed by atoms with Gasteiger partial charge in [-0.05, 0) is 12.5 Å². The lowest BCUT2D eigenvalue weighted by molar-refractivity contribution is -0.384. The van der Waals surface area contributed by atoms with Gasteiger partial charge in [0.2, 0.25) is 0 Å². The average molecular weight is 297 g/mol. The van der Waals surface area contributed by atoms with E-state index in [-0.39, 0.29) is 10.6 Å². The number of nitro benzene ring substituents is 1. The van der Waals surface area contributed by atoms with Crippen LogP contribution in [0.2, 0.25) is 0 Å². The fourth-order valence-electron chi connectivity index (χ4n) is 2.00. The summed E-state index contributed by atoms with van der Waals surface area (Å²) in [4.78, 5) is 12.7. The van der Waals surface area contributed by atoms with Gasteiger partial charge in [-0.25, -0.2) is 0 Å². The smallest absolute Gasteiger partial charge is 0.273 e. The summed E-state index contributed by atoms with van der Waals surface area (Å²) in [5, 5.41) is 14.0. The van der Waals surface area contributed by atoms with Crippen LogP contribution in [-0.4, -0.2) is 52.5 Å². The second-order valence-electron chi connectivity index (χ2n) is 4.57. The predicted octanol–water partition coefficient (Wildman–Crippen LogP) is 2.13. The predicted molar refractivity (Wildman–Crippen MR) is 83.2 cm³/mol. The molecule has 0 bridgehead atoms. The molecule has 1 N–H and O–H groups in total. The van der Waals surface area contributed by atoms with Gasteiger partial charge in [0, 0.05) is 64.5 Å². The molecule has 0 amide bonds. The maximum Gasteiger partial charge on any atom is 0.273 e. The third kappa shape index (κ3) is 5.57. The molecule has 21 heavy (non-hydrogen) atoms. The molecule has 0 unspecified atom stereocenters. The largest absolute Gasteiger partial charge is 0.388 e. The normalized spacial score (nSPS) is 10.4. The van der Waals surface area contributed by atoms with Gasteiger partial charge < -0.3 is 19.7 Å². The van der Waals surface area contributed by atoms with Crippen LogP contribution in [0.1, 0.15) is 6.42 Å². The lowest BCUT2D eigenvalue weighted by atomic mass is 10.2. The summed E-state index contributed by atoms with van der Waals surface area (Å²) in [6, 6.07) is 5.01. The molecule has 0 saturated heterocycles. The van der Waals surface area contributed by atoms with Crippen molar-refractivity contribution in [2.45, 2.75) is 6.42 Å². The van der Waals surface area contributed by atoms with Crippen LogP contribution in [0.15, 0.2) is 18.2 Å². The fourth-order valence-corrected chi connectivity index (χ4v) is 2.00. The van der Waals surface area contributed by atoms with Crippen molar-refractivity contribution in [3.05, 3.63) is 28.3 Å². The van der Waals surface area contributed by atoms with Crippen molar-refractivity contribution in [3.63, 3.8) is 0 Å². The summed E-state index contributed by atoms with van der Waals surface area (Å²) in [6.45, 7) is 2.63. The Kier molecular flexibility index (Phi) is 7.49. The van der Waals surface area contributed by atoms with Crippen molar-refractivity contribution in [1.82, 2.24) is 0 Å². The first-order valence-corrected chi connectivity index (χ1v) is 6.82. The molecule has 0 spiro atoms. The van der Waals surface area contributed by atoms with E-state index in [1.54, 1.807) is 27.3 Å². The SMILES string of the molecule is CNc1cc(N(CCCOC)CCOC)cc([N+](=O)[O-])c1. The monoisotopic (exact) mass is 297 g/mol. The van der Waals surface area contributed by atoms with Crippen molar-refractivity contribution in [3.8, 4) is 0 Å². The van der Waals surface area contributed by atoms with Crippen molar-refractivity contribution in [1.29, 1.82) is 0 Å². The Labute approximate surface area is 125 Å². The molecule has 0 atom stereocenters. The number of non-ortho nitro benzene ring substituents is 1. The van der Waals surface area contributed by atoms with Gasteiger partial charge in [-0.1, -0.05) is 0 Å². The van der Waals surface area contributed by atoms with Gasteiger partial charge in [0.1, 0.15) is 0 Å². The van der Waals surface area contributed by atoms with Crippen LogP contribution >= 0.6 is 0 Å². The lowest BCUT2D eigenvalue weighted by Crippen LogP contribution is -2.29. The highest BCUT2D eigenvalue weighted by Gasteiger charge is 2.14. The summed E-state index contributed by atoms with van der Waals surface area (Å²) >= 11 is 0. The molecule has 0 aromatic heterocycles. The molecule has 7 heteroatoms. The van der Waals surface area contributed by atoms with Gasteiger partial charge in [-0.3, -0.25) is 10.1 Å². The molecule has 7 nitrogen and oxygen atoms in total. The van der Waals surface area contributed by atoms with Gasteiger partial charge in [0.15, 0.2) is 0 Å². The van der Waals surface area contributed by atoms with Crippen molar-refractivity contribution in [2.24, 2.45) is 0 Å². The minimum Gasteiger partial charge on any atom is -0.388 e. The van der Waals surface area contributed by atoms with E-state index in [2.05, 4.69) is 10.2 Å². The lowest BCUT2D eigenvalue weighted by Gasteiger charge is -2.25. The van der Waals surface area contributed by atoms with Gasteiger partial charge in [-0.15, -0.1) is 0 Å². The number of rotatable bonds is 10. The van der Waals surface area contributed by atoms with E-state index in [0.717, 1.165) is 18.7 Å². The number of benzene rings is 1. The number of ether oxygens (including phenoxy) is 2. The van der Waals surface area contributed by atoms with Crippen LogP contribution in [0.3, 0.4) is 0 Å². The second kappa shape index (κ2) is 9.15. The highest BCUT2D eigenvalue weighted by molar-refractivity contribution is 5.64. The van der Waals surface area contributed by atoms with E-state index >= 15 is 0 Å². The first kappa shape index (κ1) is 17.2. The zero-order valence-corrected chi connectivity index (χ0v) is 12.8. The minimum atomic E-state index is -0.381. The minimum absolute atomic E-state index is 0.0750. The molecule has 0 aliphatic rings. The molecule has 1 aromatic carbocycles. The molecule has 1 rings (SSSR count). The Morgan fingerprint density at radius 3 is 2.48 bits per heavy atom. The topological polar surface area (TPSA) is 76.9 Å². The maximum atomic E-state index is 11.0. The van der Waals surface area contributed by atoms with Crippen molar-refractivity contribution >= 4 is 17.1 Å². The van der Waals surface area contributed by atoms with Crippen LogP contribution < -0.4 is 10.2 Å². The van der Waals surface area contributed by atoms with Gasteiger partial charge >= 0.3 is 0 Å². The zero-order valence-electron chi connectivity index (χ0n) is 12.8. The average Bonchev–Trinajstić information content (AvgIpc) is 2.50. The Bertz CT molecular complexity index is 454. The Morgan fingerprint density at radius 2 is 1.90 bits per heavy atom. The van der Waals surface area contributed by atoms with E-state index in [1.165, 1.54) is 6.07 Å². The van der Waals surface area contributed by atoms with Crippen LogP contribution in [0.25, 0.3) is 0 Å². The molecule has 0 saturated carbocycles. The number of hydrogen-bond acceptors (Lipinski definition) is 6. The van der Waals surface area contributed by atoms with Crippen LogP contribution in [0.5, 0.6) is 0 Å². The molecular formula is C14H23N3O4. The molecule has 0 aliphatic carbocycles. The summed E-state index contributed by atoms with van der Waals surface area (Å²) in [7, 11) is 5.04. The molecule has 0 fully saturated rings. The van der Waals surface area contributed by atoms with Crippen LogP contribution in [0.4, 0.5) is 17.1 Å². The number of anilines is 2. The highest BCUT2D eigenvalue weighted by atomic mass is 16.6. The summed E-state index contributed by atoms with van der Waals surface area (Å²) in [5.74, 6) is 0. The molecular weight excluding hydrogens is 274 g/mol. The standard InChI is InChI=1S/C14H23N3O4/c1-15-12-9-13(11-14(10-12)17(18)19)16(6-8-21-3)5-4-7-20-2/h9-11,15H,4-8H2,1-3H3. The van der Waals surface area contributed by atoms with Crippen molar-refractivity contribution in [2.75, 3.05) is 57.8 Å². The second-order valence-corrected chi connectivity index (χ2v) is 4.57. The van der Waals surface area contributed by atoms with E-state index < -0.39 is 0 Å². The van der Waals surface area contributed by atoms with E-state index in [1.807, 2.05) is 6.07 Å². The van der Waals surface area contributed by atoms with Gasteiger partial charge in [-0.2, -0.15) is 0 Å². The number of methoxy groups -OCH3 is 2. The quantitative estimate of drug-likeness (QED) is 0.405. The summed E-state index contributed by atoms with van der Waals surface area (Å²) < 4.78 is 10.2. The van der Waals surface area contributed by atoms with E-state index in [0.29, 0.717) is 25.4 Å². The number of nitrogens with one attached hydrogen (secondary N) is 1.